The topological polar surface area (TPSA) is 41.6 Å². The van der Waals surface area contributed by atoms with Crippen LogP contribution in [-0.4, -0.2) is 43.7 Å². The number of carbonyl (C=O) groups is 1. The molecule has 0 aromatic heterocycles. The van der Waals surface area contributed by atoms with Crippen LogP contribution in [-0.2, 0) is 4.74 Å². The van der Waals surface area contributed by atoms with Crippen LogP contribution in [0.2, 0.25) is 5.02 Å². The third kappa shape index (κ3) is 2.60. The molecule has 1 aliphatic heterocycles. The van der Waals surface area contributed by atoms with Gasteiger partial charge in [0.25, 0.3) is 5.91 Å². The summed E-state index contributed by atoms with van der Waals surface area (Å²) in [7, 11) is 1.79. The average Bonchev–Trinajstić information content (AvgIpc) is 2.38. The quantitative estimate of drug-likeness (QED) is 0.894. The zero-order chi connectivity index (χ0) is 13.1. The first-order valence-electron chi connectivity index (χ1n) is 5.99. The fourth-order valence-electron chi connectivity index (χ4n) is 2.09. The maximum absolute atomic E-state index is 12.5. The fourth-order valence-corrected chi connectivity index (χ4v) is 2.27. The van der Waals surface area contributed by atoms with E-state index in [1.165, 1.54) is 0 Å². The van der Waals surface area contributed by atoms with Gasteiger partial charge in [0.2, 0.25) is 0 Å². The van der Waals surface area contributed by atoms with Crippen molar-refractivity contribution in [3.8, 4) is 0 Å². The van der Waals surface area contributed by atoms with Crippen molar-refractivity contribution in [3.63, 3.8) is 0 Å². The molecule has 0 radical (unpaired) electrons. The summed E-state index contributed by atoms with van der Waals surface area (Å²) in [5.41, 5.74) is 1.40. The number of hydrogen-bond donors (Lipinski definition) is 1. The van der Waals surface area contributed by atoms with Crippen LogP contribution in [0.1, 0.15) is 17.3 Å². The number of morpholine rings is 1. The van der Waals surface area contributed by atoms with E-state index in [0.29, 0.717) is 30.3 Å². The van der Waals surface area contributed by atoms with Gasteiger partial charge in [-0.3, -0.25) is 4.79 Å². The van der Waals surface area contributed by atoms with E-state index < -0.39 is 0 Å². The summed E-state index contributed by atoms with van der Waals surface area (Å²) in [4.78, 5) is 14.3. The minimum absolute atomic E-state index is 0.00218. The van der Waals surface area contributed by atoms with E-state index in [2.05, 4.69) is 5.32 Å². The number of nitrogens with one attached hydrogen (secondary N) is 1. The van der Waals surface area contributed by atoms with Crippen LogP contribution in [0.25, 0.3) is 0 Å². The Labute approximate surface area is 112 Å². The molecule has 98 valence electrons. The predicted octanol–water partition coefficient (Wildman–Crippen LogP) is 2.24. The summed E-state index contributed by atoms with van der Waals surface area (Å²) in [5.74, 6) is -0.00218. The number of ether oxygens (including phenoxy) is 1. The molecule has 0 bridgehead atoms. The van der Waals surface area contributed by atoms with Crippen LogP contribution < -0.4 is 5.32 Å². The second-order valence-electron chi connectivity index (χ2n) is 4.36. The zero-order valence-corrected chi connectivity index (χ0v) is 11.3. The number of carbonyl (C=O) groups excluding carboxylic acids is 1. The summed E-state index contributed by atoms with van der Waals surface area (Å²) in [6.07, 6.45) is 0. The van der Waals surface area contributed by atoms with Crippen LogP contribution in [0.5, 0.6) is 0 Å². The van der Waals surface area contributed by atoms with Crippen molar-refractivity contribution in [1.29, 1.82) is 0 Å². The van der Waals surface area contributed by atoms with Crippen molar-refractivity contribution < 1.29 is 9.53 Å². The van der Waals surface area contributed by atoms with E-state index in [-0.39, 0.29) is 11.9 Å². The molecule has 2 rings (SSSR count). The molecule has 1 saturated heterocycles. The molecule has 4 nitrogen and oxygen atoms in total. The Balaban J connectivity index is 2.29. The average molecular weight is 269 g/mol. The lowest BCUT2D eigenvalue weighted by molar-refractivity contribution is 0.00365. The fraction of sp³-hybridized carbons (Fsp3) is 0.462. The summed E-state index contributed by atoms with van der Waals surface area (Å²) in [6.45, 7) is 3.78. The molecule has 1 heterocycles. The highest BCUT2D eigenvalue weighted by atomic mass is 35.5. The highest BCUT2D eigenvalue weighted by Crippen LogP contribution is 2.23. The van der Waals surface area contributed by atoms with E-state index in [9.17, 15) is 4.79 Å². The lowest BCUT2D eigenvalue weighted by Crippen LogP contribution is -2.47. The largest absolute Gasteiger partial charge is 0.387 e. The van der Waals surface area contributed by atoms with Gasteiger partial charge in [-0.25, -0.2) is 0 Å². The number of nitrogens with zero attached hydrogens (tertiary/aromatic N) is 1. The third-order valence-electron chi connectivity index (χ3n) is 3.11. The van der Waals surface area contributed by atoms with E-state index >= 15 is 0 Å². The molecule has 0 aliphatic carbocycles. The summed E-state index contributed by atoms with van der Waals surface area (Å²) < 4.78 is 5.34. The summed E-state index contributed by atoms with van der Waals surface area (Å²) >= 11 is 5.97. The lowest BCUT2D eigenvalue weighted by Gasteiger charge is -2.33. The maximum atomic E-state index is 12.5. The molecule has 1 amide bonds. The highest BCUT2D eigenvalue weighted by molar-refractivity contribution is 6.31. The molecule has 18 heavy (non-hydrogen) atoms. The van der Waals surface area contributed by atoms with Crippen LogP contribution in [0, 0.1) is 0 Å². The maximum Gasteiger partial charge on any atom is 0.256 e. The SMILES string of the molecule is CNc1ccc(Cl)cc1C(=O)N1CCOCC1C. The Hall–Kier alpha value is -1.26. The Morgan fingerprint density at radius 1 is 1.56 bits per heavy atom. The third-order valence-corrected chi connectivity index (χ3v) is 3.34. The Kier molecular flexibility index (Phi) is 4.09. The molecular weight excluding hydrogens is 252 g/mol. The van der Waals surface area contributed by atoms with Crippen molar-refractivity contribution in [2.24, 2.45) is 0 Å². The number of benzene rings is 1. The van der Waals surface area contributed by atoms with Crippen LogP contribution in [0.3, 0.4) is 0 Å². The van der Waals surface area contributed by atoms with Crippen LogP contribution >= 0.6 is 11.6 Å². The molecule has 1 aliphatic rings. The van der Waals surface area contributed by atoms with Crippen molar-refractivity contribution in [2.45, 2.75) is 13.0 Å². The van der Waals surface area contributed by atoms with Gasteiger partial charge in [-0.1, -0.05) is 11.6 Å². The molecule has 1 unspecified atom stereocenters. The Morgan fingerprint density at radius 2 is 2.33 bits per heavy atom. The van der Waals surface area contributed by atoms with E-state index in [0.717, 1.165) is 5.69 Å². The van der Waals surface area contributed by atoms with Gasteiger partial charge in [0.1, 0.15) is 0 Å². The summed E-state index contributed by atoms with van der Waals surface area (Å²) in [6, 6.07) is 5.39. The molecule has 1 fully saturated rings. The standard InChI is InChI=1S/C13H17ClN2O2/c1-9-8-18-6-5-16(9)13(17)11-7-10(14)3-4-12(11)15-2/h3-4,7,9,15H,5-6,8H2,1-2H3. The first kappa shape index (κ1) is 13.2. The van der Waals surface area contributed by atoms with Crippen molar-refractivity contribution in [3.05, 3.63) is 28.8 Å². The molecule has 0 spiro atoms. The first-order chi connectivity index (χ1) is 8.63. The lowest BCUT2D eigenvalue weighted by atomic mass is 10.1. The molecule has 0 saturated carbocycles. The van der Waals surface area contributed by atoms with Gasteiger partial charge >= 0.3 is 0 Å². The smallest absolute Gasteiger partial charge is 0.256 e. The van der Waals surface area contributed by atoms with Gasteiger partial charge in [0.15, 0.2) is 0 Å². The molecule has 1 N–H and O–H groups in total. The van der Waals surface area contributed by atoms with E-state index in [4.69, 9.17) is 16.3 Å². The normalized spacial score (nSPS) is 19.7. The van der Waals surface area contributed by atoms with Gasteiger partial charge in [-0.2, -0.15) is 0 Å². The van der Waals surface area contributed by atoms with Gasteiger partial charge in [0, 0.05) is 24.3 Å². The second-order valence-corrected chi connectivity index (χ2v) is 4.80. The van der Waals surface area contributed by atoms with Crippen molar-refractivity contribution in [1.82, 2.24) is 4.90 Å². The molecule has 5 heteroatoms. The van der Waals surface area contributed by atoms with Gasteiger partial charge in [-0.05, 0) is 25.1 Å². The minimum Gasteiger partial charge on any atom is -0.387 e. The molecular formula is C13H17ClN2O2. The molecule has 1 atom stereocenters. The zero-order valence-electron chi connectivity index (χ0n) is 10.6. The highest BCUT2D eigenvalue weighted by Gasteiger charge is 2.26. The van der Waals surface area contributed by atoms with Gasteiger partial charge < -0.3 is 15.0 Å². The number of amides is 1. The van der Waals surface area contributed by atoms with Gasteiger partial charge in [0.05, 0.1) is 24.8 Å². The summed E-state index contributed by atoms with van der Waals surface area (Å²) in [5, 5.41) is 3.59. The Bertz CT molecular complexity index is 451. The van der Waals surface area contributed by atoms with Crippen molar-refractivity contribution >= 4 is 23.2 Å². The van der Waals surface area contributed by atoms with E-state index in [1.54, 1.807) is 19.2 Å². The van der Waals surface area contributed by atoms with Crippen LogP contribution in [0.15, 0.2) is 18.2 Å². The first-order valence-corrected chi connectivity index (χ1v) is 6.37. The Morgan fingerprint density at radius 3 is 3.00 bits per heavy atom. The predicted molar refractivity (Wildman–Crippen MR) is 72.3 cm³/mol. The number of hydrogen-bond acceptors (Lipinski definition) is 3. The van der Waals surface area contributed by atoms with Gasteiger partial charge in [-0.15, -0.1) is 0 Å². The number of anilines is 1. The molecule has 1 aromatic carbocycles. The number of rotatable bonds is 2. The van der Waals surface area contributed by atoms with Crippen LogP contribution in [0.4, 0.5) is 5.69 Å². The van der Waals surface area contributed by atoms with Crippen molar-refractivity contribution in [2.75, 3.05) is 32.1 Å². The molecule has 1 aromatic rings. The number of halogens is 1. The second kappa shape index (κ2) is 5.59. The monoisotopic (exact) mass is 268 g/mol. The van der Waals surface area contributed by atoms with E-state index in [1.807, 2.05) is 17.9 Å². The minimum atomic E-state index is -0.00218.